The summed E-state index contributed by atoms with van der Waals surface area (Å²) in [6.07, 6.45) is 0.882. The Labute approximate surface area is 169 Å². The molecule has 4 rings (SSSR count). The van der Waals surface area contributed by atoms with E-state index in [9.17, 15) is 9.59 Å². The predicted octanol–water partition coefficient (Wildman–Crippen LogP) is 2.55. The molecular weight excluding hydrogens is 366 g/mol. The molecule has 0 bridgehead atoms. The van der Waals surface area contributed by atoms with E-state index in [1.807, 2.05) is 36.4 Å². The van der Waals surface area contributed by atoms with Crippen molar-refractivity contribution < 1.29 is 9.53 Å². The van der Waals surface area contributed by atoms with Crippen molar-refractivity contribution in [1.82, 2.24) is 15.2 Å². The number of ether oxygens (including phenoxy) is 1. The number of aromatic amines is 1. The van der Waals surface area contributed by atoms with Crippen molar-refractivity contribution in [3.63, 3.8) is 0 Å². The lowest BCUT2D eigenvalue weighted by Crippen LogP contribution is -2.40. The highest BCUT2D eigenvalue weighted by atomic mass is 16.5. The van der Waals surface area contributed by atoms with E-state index >= 15 is 0 Å². The minimum Gasteiger partial charge on any atom is -0.375 e. The number of nitrogens with one attached hydrogen (secondary N) is 2. The van der Waals surface area contributed by atoms with Gasteiger partial charge in [0, 0.05) is 38.2 Å². The molecule has 1 aliphatic heterocycles. The third-order valence-electron chi connectivity index (χ3n) is 5.17. The zero-order valence-corrected chi connectivity index (χ0v) is 16.3. The Morgan fingerprint density at radius 3 is 2.79 bits per heavy atom. The first-order valence-corrected chi connectivity index (χ1v) is 9.97. The number of hydrogen-bond donors (Lipinski definition) is 2. The van der Waals surface area contributed by atoms with Gasteiger partial charge in [0.15, 0.2) is 0 Å². The van der Waals surface area contributed by atoms with Crippen molar-refractivity contribution in [1.29, 1.82) is 0 Å². The van der Waals surface area contributed by atoms with Crippen molar-refractivity contribution in [2.45, 2.75) is 19.1 Å². The quantitative estimate of drug-likeness (QED) is 0.701. The normalized spacial score (nSPS) is 17.7. The molecule has 0 aliphatic carbocycles. The molecule has 1 fully saturated rings. The Bertz CT molecular complexity index is 1030. The van der Waals surface area contributed by atoms with E-state index in [0.29, 0.717) is 18.5 Å². The molecule has 2 N–H and O–H groups in total. The molecule has 150 valence electrons. The Hall–Kier alpha value is -2.96. The molecule has 1 amide bonds. The fraction of sp³-hybridized carbons (Fsp3) is 0.304. The summed E-state index contributed by atoms with van der Waals surface area (Å²) >= 11 is 0. The summed E-state index contributed by atoms with van der Waals surface area (Å²) in [5, 5.41) is 4.24. The molecule has 1 aromatic heterocycles. The first-order chi connectivity index (χ1) is 14.2. The molecule has 1 aliphatic rings. The molecular formula is C23H25N3O3. The maximum absolute atomic E-state index is 12.6. The number of aromatic nitrogens is 1. The number of fused-ring (bicyclic) bond motifs is 1. The van der Waals surface area contributed by atoms with Crippen LogP contribution in [0, 0.1) is 0 Å². The van der Waals surface area contributed by atoms with Gasteiger partial charge in [-0.1, -0.05) is 48.5 Å². The van der Waals surface area contributed by atoms with Gasteiger partial charge in [0.2, 0.25) is 0 Å². The largest absolute Gasteiger partial charge is 0.375 e. The molecule has 0 spiro atoms. The van der Waals surface area contributed by atoms with Crippen LogP contribution in [0.2, 0.25) is 0 Å². The van der Waals surface area contributed by atoms with Gasteiger partial charge < -0.3 is 15.0 Å². The zero-order valence-electron chi connectivity index (χ0n) is 16.3. The van der Waals surface area contributed by atoms with Gasteiger partial charge in [0.05, 0.1) is 6.10 Å². The minimum atomic E-state index is -0.296. The second-order valence-corrected chi connectivity index (χ2v) is 7.38. The van der Waals surface area contributed by atoms with Crippen LogP contribution in [-0.2, 0) is 11.3 Å². The second-order valence-electron chi connectivity index (χ2n) is 7.38. The van der Waals surface area contributed by atoms with Crippen LogP contribution in [0.4, 0.5) is 0 Å². The second kappa shape index (κ2) is 9.03. The highest BCUT2D eigenvalue weighted by Gasteiger charge is 2.20. The Morgan fingerprint density at radius 1 is 1.14 bits per heavy atom. The minimum absolute atomic E-state index is 0.0858. The summed E-state index contributed by atoms with van der Waals surface area (Å²) in [6, 6.07) is 19.3. The number of nitrogens with zero attached hydrogens (tertiary/aromatic N) is 1. The number of amides is 1. The zero-order chi connectivity index (χ0) is 20.1. The Balaban J connectivity index is 1.38. The van der Waals surface area contributed by atoms with Gasteiger partial charge in [-0.15, -0.1) is 0 Å². The van der Waals surface area contributed by atoms with Crippen LogP contribution in [0.1, 0.15) is 22.5 Å². The number of benzene rings is 2. The Morgan fingerprint density at radius 2 is 1.93 bits per heavy atom. The topological polar surface area (TPSA) is 74.4 Å². The van der Waals surface area contributed by atoms with E-state index in [1.165, 1.54) is 5.56 Å². The average molecular weight is 391 g/mol. The van der Waals surface area contributed by atoms with Crippen molar-refractivity contribution in [3.8, 4) is 0 Å². The van der Waals surface area contributed by atoms with Crippen LogP contribution in [0.15, 0.2) is 65.5 Å². The maximum Gasteiger partial charge on any atom is 0.267 e. The summed E-state index contributed by atoms with van der Waals surface area (Å²) in [6.45, 7) is 3.67. The van der Waals surface area contributed by atoms with E-state index in [2.05, 4.69) is 27.3 Å². The smallest absolute Gasteiger partial charge is 0.267 e. The van der Waals surface area contributed by atoms with Crippen molar-refractivity contribution >= 4 is 16.7 Å². The average Bonchev–Trinajstić information content (AvgIpc) is 2.97. The molecule has 1 saturated heterocycles. The van der Waals surface area contributed by atoms with Crippen molar-refractivity contribution in [2.24, 2.45) is 0 Å². The van der Waals surface area contributed by atoms with Gasteiger partial charge in [0.25, 0.3) is 11.5 Å². The molecule has 29 heavy (non-hydrogen) atoms. The summed E-state index contributed by atoms with van der Waals surface area (Å²) in [5.74, 6) is -0.296. The Kier molecular flexibility index (Phi) is 6.03. The third kappa shape index (κ3) is 4.91. The van der Waals surface area contributed by atoms with Crippen LogP contribution >= 0.6 is 0 Å². The fourth-order valence-electron chi connectivity index (χ4n) is 3.71. The number of hydrogen-bond acceptors (Lipinski definition) is 4. The highest BCUT2D eigenvalue weighted by molar-refractivity contribution is 5.96. The third-order valence-corrected chi connectivity index (χ3v) is 5.17. The lowest BCUT2D eigenvalue weighted by molar-refractivity contribution is 0.0510. The van der Waals surface area contributed by atoms with Crippen molar-refractivity contribution in [2.75, 3.05) is 26.2 Å². The number of carbonyl (C=O) groups excluding carboxylic acids is 1. The van der Waals surface area contributed by atoms with Gasteiger partial charge in [-0.3, -0.25) is 14.5 Å². The summed E-state index contributed by atoms with van der Waals surface area (Å²) < 4.78 is 5.92. The van der Waals surface area contributed by atoms with Gasteiger partial charge in [-0.25, -0.2) is 0 Å². The summed E-state index contributed by atoms with van der Waals surface area (Å²) in [7, 11) is 0. The molecule has 6 nitrogen and oxygen atoms in total. The van der Waals surface area contributed by atoms with E-state index in [0.717, 1.165) is 31.4 Å². The summed E-state index contributed by atoms with van der Waals surface area (Å²) in [5.41, 5.74) is 1.28. The van der Waals surface area contributed by atoms with E-state index in [-0.39, 0.29) is 23.3 Å². The van der Waals surface area contributed by atoms with E-state index in [1.54, 1.807) is 12.1 Å². The van der Waals surface area contributed by atoms with Gasteiger partial charge >= 0.3 is 0 Å². The standard InChI is InChI=1S/C23H25N3O3/c27-22-20-10-5-4-9-18(20)13-21(25-22)23(28)24-14-19-16-26(11-6-12-29-19)15-17-7-2-1-3-8-17/h1-5,7-10,13,19H,6,11-12,14-16H2,(H,24,28)(H,25,27). The fourth-order valence-corrected chi connectivity index (χ4v) is 3.71. The monoisotopic (exact) mass is 391 g/mol. The first-order valence-electron chi connectivity index (χ1n) is 9.97. The van der Waals surface area contributed by atoms with Crippen LogP contribution in [-0.4, -0.2) is 48.1 Å². The number of H-pyrrole nitrogens is 1. The maximum atomic E-state index is 12.6. The number of rotatable bonds is 5. The molecule has 0 radical (unpaired) electrons. The van der Waals surface area contributed by atoms with Crippen molar-refractivity contribution in [3.05, 3.63) is 82.3 Å². The van der Waals surface area contributed by atoms with Crippen LogP contribution in [0.3, 0.4) is 0 Å². The molecule has 6 heteroatoms. The lowest BCUT2D eigenvalue weighted by atomic mass is 10.1. The molecule has 3 aromatic rings. The van der Waals surface area contributed by atoms with Crippen LogP contribution in [0.25, 0.3) is 10.8 Å². The van der Waals surface area contributed by atoms with Gasteiger partial charge in [-0.05, 0) is 29.5 Å². The first kappa shape index (κ1) is 19.4. The SMILES string of the molecule is O=C(NCC1CN(Cc2ccccc2)CCCO1)c1cc2ccccc2c(=O)[nH]1. The molecule has 1 unspecified atom stereocenters. The molecule has 0 saturated carbocycles. The molecule has 1 atom stereocenters. The highest BCUT2D eigenvalue weighted by Crippen LogP contribution is 2.12. The number of carbonyl (C=O) groups is 1. The van der Waals surface area contributed by atoms with Crippen LogP contribution < -0.4 is 10.9 Å². The lowest BCUT2D eigenvalue weighted by Gasteiger charge is -2.24. The predicted molar refractivity (Wildman–Crippen MR) is 113 cm³/mol. The molecule has 2 heterocycles. The van der Waals surface area contributed by atoms with E-state index in [4.69, 9.17) is 4.74 Å². The summed E-state index contributed by atoms with van der Waals surface area (Å²) in [4.78, 5) is 29.8. The van der Waals surface area contributed by atoms with Gasteiger partial charge in [0.1, 0.15) is 5.69 Å². The van der Waals surface area contributed by atoms with Crippen LogP contribution in [0.5, 0.6) is 0 Å². The number of pyridine rings is 1. The molecule has 2 aromatic carbocycles. The van der Waals surface area contributed by atoms with Gasteiger partial charge in [-0.2, -0.15) is 0 Å². The van der Waals surface area contributed by atoms with E-state index < -0.39 is 0 Å².